The van der Waals surface area contributed by atoms with E-state index in [-0.39, 0.29) is 34.7 Å². The number of para-hydroxylation sites is 2. The van der Waals surface area contributed by atoms with Crippen molar-refractivity contribution in [2.75, 3.05) is 29.5 Å². The SMILES string of the molecule is COc1ccc(S(=O)(=O)NC(C)C)cc1NC(=O)[C@@H]1CN(S(C)(=O)=O)c2ccccc2O1. The first-order valence-corrected chi connectivity index (χ1v) is 13.0. The number of sulfonamides is 2. The quantitative estimate of drug-likeness (QED) is 0.611. The number of rotatable bonds is 7. The number of carbonyl (C=O) groups excluding carboxylic acids is 1. The van der Waals surface area contributed by atoms with Crippen LogP contribution in [0.3, 0.4) is 0 Å². The molecule has 3 rings (SSSR count). The number of nitrogens with zero attached hydrogens (tertiary/aromatic N) is 1. The van der Waals surface area contributed by atoms with Gasteiger partial charge in [-0.1, -0.05) is 12.1 Å². The van der Waals surface area contributed by atoms with Gasteiger partial charge < -0.3 is 14.8 Å². The summed E-state index contributed by atoms with van der Waals surface area (Å²) in [6, 6.07) is 10.2. The Balaban J connectivity index is 1.91. The first kappa shape index (κ1) is 23.8. The standard InChI is InChI=1S/C20H25N3O7S2/c1-13(2)22-32(27,28)14-9-10-17(29-3)15(11-14)21-20(24)19-12-23(31(4,25)26)16-7-5-6-8-18(16)30-19/h5-11,13,19,22H,12H2,1-4H3,(H,21,24)/t19-/m0/s1. The second-order valence-electron chi connectivity index (χ2n) is 7.50. The van der Waals surface area contributed by atoms with E-state index in [1.165, 1.54) is 25.3 Å². The van der Waals surface area contributed by atoms with Crippen molar-refractivity contribution in [3.8, 4) is 11.5 Å². The molecule has 2 aromatic rings. The molecule has 1 heterocycles. The van der Waals surface area contributed by atoms with E-state index in [1.54, 1.807) is 38.1 Å². The Hall–Kier alpha value is -2.83. The largest absolute Gasteiger partial charge is 0.495 e. The topological polar surface area (TPSA) is 131 Å². The molecule has 0 fully saturated rings. The minimum Gasteiger partial charge on any atom is -0.495 e. The van der Waals surface area contributed by atoms with E-state index in [0.29, 0.717) is 5.69 Å². The number of carbonyl (C=O) groups is 1. The molecule has 1 aliphatic heterocycles. The Kier molecular flexibility index (Phi) is 6.67. The third-order valence-corrected chi connectivity index (χ3v) is 7.36. The maximum absolute atomic E-state index is 13.0. The van der Waals surface area contributed by atoms with Crippen LogP contribution in [0.2, 0.25) is 0 Å². The van der Waals surface area contributed by atoms with E-state index in [2.05, 4.69) is 10.0 Å². The molecule has 0 saturated heterocycles. The van der Waals surface area contributed by atoms with Crippen molar-refractivity contribution in [1.82, 2.24) is 4.72 Å². The van der Waals surface area contributed by atoms with Gasteiger partial charge in [-0.3, -0.25) is 9.10 Å². The second-order valence-corrected chi connectivity index (χ2v) is 11.1. The van der Waals surface area contributed by atoms with E-state index in [1.807, 2.05) is 0 Å². The highest BCUT2D eigenvalue weighted by Gasteiger charge is 2.35. The molecule has 0 aromatic heterocycles. The molecule has 1 aliphatic rings. The maximum Gasteiger partial charge on any atom is 0.267 e. The van der Waals surface area contributed by atoms with Crippen LogP contribution in [-0.4, -0.2) is 54.8 Å². The fraction of sp³-hybridized carbons (Fsp3) is 0.350. The van der Waals surface area contributed by atoms with Crippen LogP contribution in [0, 0.1) is 0 Å². The zero-order valence-electron chi connectivity index (χ0n) is 18.0. The van der Waals surface area contributed by atoms with Crippen LogP contribution < -0.4 is 23.8 Å². The van der Waals surface area contributed by atoms with E-state index in [4.69, 9.17) is 9.47 Å². The van der Waals surface area contributed by atoms with Gasteiger partial charge in [0.2, 0.25) is 20.0 Å². The van der Waals surface area contributed by atoms with Crippen LogP contribution in [-0.2, 0) is 24.8 Å². The van der Waals surface area contributed by atoms with Gasteiger partial charge in [-0.2, -0.15) is 0 Å². The summed E-state index contributed by atoms with van der Waals surface area (Å²) < 4.78 is 64.1. The summed E-state index contributed by atoms with van der Waals surface area (Å²) >= 11 is 0. The average Bonchev–Trinajstić information content (AvgIpc) is 2.71. The normalized spacial score (nSPS) is 16.3. The van der Waals surface area contributed by atoms with Crippen molar-refractivity contribution in [1.29, 1.82) is 0 Å². The summed E-state index contributed by atoms with van der Waals surface area (Å²) in [6.45, 7) is 3.14. The lowest BCUT2D eigenvalue weighted by atomic mass is 10.2. The molecular formula is C20H25N3O7S2. The molecule has 174 valence electrons. The summed E-state index contributed by atoms with van der Waals surface area (Å²) in [5.41, 5.74) is 0.446. The minimum absolute atomic E-state index is 0.0602. The van der Waals surface area contributed by atoms with Gasteiger partial charge in [-0.25, -0.2) is 21.6 Å². The first-order valence-electron chi connectivity index (χ1n) is 9.67. The van der Waals surface area contributed by atoms with Crippen molar-refractivity contribution in [3.05, 3.63) is 42.5 Å². The van der Waals surface area contributed by atoms with Gasteiger partial charge in [0.1, 0.15) is 11.5 Å². The number of anilines is 2. The van der Waals surface area contributed by atoms with Crippen molar-refractivity contribution in [3.63, 3.8) is 0 Å². The first-order chi connectivity index (χ1) is 14.9. The molecule has 1 atom stereocenters. The van der Waals surface area contributed by atoms with Crippen LogP contribution in [0.4, 0.5) is 11.4 Å². The van der Waals surface area contributed by atoms with E-state index in [0.717, 1.165) is 10.6 Å². The summed E-state index contributed by atoms with van der Waals surface area (Å²) in [4.78, 5) is 12.9. The predicted molar refractivity (Wildman–Crippen MR) is 120 cm³/mol. The molecule has 0 aliphatic carbocycles. The van der Waals surface area contributed by atoms with Crippen LogP contribution >= 0.6 is 0 Å². The van der Waals surface area contributed by atoms with Crippen molar-refractivity contribution in [2.24, 2.45) is 0 Å². The molecule has 0 unspecified atom stereocenters. The van der Waals surface area contributed by atoms with Crippen LogP contribution in [0.1, 0.15) is 13.8 Å². The zero-order chi connectivity index (χ0) is 23.7. The van der Waals surface area contributed by atoms with Gasteiger partial charge in [0.05, 0.1) is 36.2 Å². The highest BCUT2D eigenvalue weighted by atomic mass is 32.2. The minimum atomic E-state index is -3.81. The van der Waals surface area contributed by atoms with Crippen LogP contribution in [0.25, 0.3) is 0 Å². The Morgan fingerprint density at radius 2 is 1.84 bits per heavy atom. The third-order valence-electron chi connectivity index (χ3n) is 4.56. The zero-order valence-corrected chi connectivity index (χ0v) is 19.7. The number of amides is 1. The number of ether oxygens (including phenoxy) is 2. The van der Waals surface area contributed by atoms with Gasteiger partial charge in [0, 0.05) is 6.04 Å². The van der Waals surface area contributed by atoms with Crippen LogP contribution in [0.5, 0.6) is 11.5 Å². The number of hydrogen-bond donors (Lipinski definition) is 2. The molecule has 2 aromatic carbocycles. The summed E-state index contributed by atoms with van der Waals surface area (Å²) in [5, 5.41) is 2.60. The summed E-state index contributed by atoms with van der Waals surface area (Å²) in [5.74, 6) is -0.176. The average molecular weight is 484 g/mol. The van der Waals surface area contributed by atoms with E-state index in [9.17, 15) is 21.6 Å². The summed E-state index contributed by atoms with van der Waals surface area (Å²) in [6.07, 6.45) is -0.123. The van der Waals surface area contributed by atoms with Gasteiger partial charge in [-0.05, 0) is 44.2 Å². The fourth-order valence-corrected chi connectivity index (χ4v) is 5.39. The Labute approximate surface area is 187 Å². The molecule has 32 heavy (non-hydrogen) atoms. The molecule has 0 spiro atoms. The van der Waals surface area contributed by atoms with Gasteiger partial charge in [0.15, 0.2) is 6.10 Å². The second kappa shape index (κ2) is 8.96. The Morgan fingerprint density at radius 1 is 1.16 bits per heavy atom. The lowest BCUT2D eigenvalue weighted by Crippen LogP contribution is -2.48. The number of benzene rings is 2. The van der Waals surface area contributed by atoms with Crippen LogP contribution in [0.15, 0.2) is 47.4 Å². The van der Waals surface area contributed by atoms with Gasteiger partial charge >= 0.3 is 0 Å². The molecule has 10 nitrogen and oxygen atoms in total. The highest BCUT2D eigenvalue weighted by Crippen LogP contribution is 2.35. The van der Waals surface area contributed by atoms with Gasteiger partial charge in [-0.15, -0.1) is 0 Å². The molecule has 12 heteroatoms. The number of nitrogens with one attached hydrogen (secondary N) is 2. The van der Waals surface area contributed by atoms with Gasteiger partial charge in [0.25, 0.3) is 5.91 Å². The molecule has 0 bridgehead atoms. The fourth-order valence-electron chi connectivity index (χ4n) is 3.20. The molecule has 0 saturated carbocycles. The lowest BCUT2D eigenvalue weighted by molar-refractivity contribution is -0.122. The molecular weight excluding hydrogens is 458 g/mol. The monoisotopic (exact) mass is 483 g/mol. The maximum atomic E-state index is 13.0. The lowest BCUT2D eigenvalue weighted by Gasteiger charge is -2.33. The number of fused-ring (bicyclic) bond motifs is 1. The third kappa shape index (κ3) is 5.14. The smallest absolute Gasteiger partial charge is 0.267 e. The number of methoxy groups -OCH3 is 1. The Bertz CT molecular complexity index is 1230. The predicted octanol–water partition coefficient (Wildman–Crippen LogP) is 1.55. The number of hydrogen-bond acceptors (Lipinski definition) is 7. The van der Waals surface area contributed by atoms with Crippen molar-refractivity contribution < 1.29 is 31.1 Å². The van der Waals surface area contributed by atoms with Crippen molar-refractivity contribution >= 4 is 37.3 Å². The van der Waals surface area contributed by atoms with E-state index >= 15 is 0 Å². The van der Waals surface area contributed by atoms with Crippen molar-refractivity contribution in [2.45, 2.75) is 30.9 Å². The molecule has 0 radical (unpaired) electrons. The highest BCUT2D eigenvalue weighted by molar-refractivity contribution is 7.92. The Morgan fingerprint density at radius 3 is 2.47 bits per heavy atom. The van der Waals surface area contributed by atoms with E-state index < -0.39 is 32.1 Å². The molecule has 2 N–H and O–H groups in total. The summed E-state index contributed by atoms with van der Waals surface area (Å²) in [7, 11) is -6.10. The molecule has 1 amide bonds.